The Morgan fingerprint density at radius 1 is 0.588 bits per heavy atom. The van der Waals surface area contributed by atoms with Crippen LogP contribution in [0.15, 0.2) is 84.9 Å². The van der Waals surface area contributed by atoms with E-state index >= 15 is 0 Å². The summed E-state index contributed by atoms with van der Waals surface area (Å²) < 4.78 is 0. The van der Waals surface area contributed by atoms with Crippen molar-refractivity contribution < 1.29 is 19.2 Å². The summed E-state index contributed by atoms with van der Waals surface area (Å²) in [6.07, 6.45) is 15.8. The van der Waals surface area contributed by atoms with E-state index in [4.69, 9.17) is 0 Å². The lowest BCUT2D eigenvalue weighted by molar-refractivity contribution is 0.0977. The molecule has 6 heteroatoms. The normalized spacial score (nSPS) is 16.7. The number of hydrogen-bond donors (Lipinski definition) is 2. The van der Waals surface area contributed by atoms with Crippen LogP contribution in [-0.2, 0) is 6.42 Å². The standard InChI is InChI=1S/C45H50N2O4/c1-3-5-7-9-13-31-18-22-34(23-19-31)44(50)46-38-28-29-39(41-40(38)42(48)36-14-10-11-15-37(36)43(41)49)47-45(51)35-26-24-33(25-27-35)32-20-16-30(17-21-32)12-8-6-4-2/h10-11,14-15,18-19,22-30,32H,3-9,12-13,16-17,20-21H2,1-2H3,(H,46,50)(H,47,51). The van der Waals surface area contributed by atoms with E-state index in [0.717, 1.165) is 18.8 Å². The van der Waals surface area contributed by atoms with Crippen molar-refractivity contribution in [2.24, 2.45) is 5.92 Å². The Balaban J connectivity index is 1.19. The van der Waals surface area contributed by atoms with Gasteiger partial charge in [-0.15, -0.1) is 0 Å². The van der Waals surface area contributed by atoms with Crippen molar-refractivity contribution in [2.75, 3.05) is 10.6 Å². The number of anilines is 2. The summed E-state index contributed by atoms with van der Waals surface area (Å²) in [5.74, 6) is -0.152. The number of carbonyl (C=O) groups excluding carboxylic acids is 4. The quantitative estimate of drug-likeness (QED) is 0.114. The number of carbonyl (C=O) groups is 4. The van der Waals surface area contributed by atoms with E-state index in [9.17, 15) is 19.2 Å². The van der Waals surface area contributed by atoms with Gasteiger partial charge in [-0.25, -0.2) is 0 Å². The molecule has 4 aromatic carbocycles. The Bertz CT molecular complexity index is 1870. The Hall–Kier alpha value is -4.84. The lowest BCUT2D eigenvalue weighted by Crippen LogP contribution is -2.26. The molecule has 1 saturated carbocycles. The largest absolute Gasteiger partial charge is 0.321 e. The van der Waals surface area contributed by atoms with E-state index in [1.54, 1.807) is 48.5 Å². The molecule has 0 saturated heterocycles. The minimum atomic E-state index is -0.379. The third-order valence-corrected chi connectivity index (χ3v) is 10.8. The van der Waals surface area contributed by atoms with E-state index in [2.05, 4.69) is 36.6 Å². The lowest BCUT2D eigenvalue weighted by atomic mass is 9.77. The van der Waals surface area contributed by atoms with Crippen molar-refractivity contribution in [1.82, 2.24) is 0 Å². The van der Waals surface area contributed by atoms with Gasteiger partial charge in [-0.2, -0.15) is 0 Å². The highest BCUT2D eigenvalue weighted by Gasteiger charge is 2.35. The van der Waals surface area contributed by atoms with E-state index in [-0.39, 0.29) is 57.0 Å². The van der Waals surface area contributed by atoms with Crippen molar-refractivity contribution in [2.45, 2.75) is 103 Å². The van der Waals surface area contributed by atoms with Gasteiger partial charge < -0.3 is 10.6 Å². The molecule has 0 radical (unpaired) electrons. The molecule has 2 aliphatic rings. The smallest absolute Gasteiger partial charge is 0.255 e. The van der Waals surface area contributed by atoms with Crippen LogP contribution in [0.2, 0.25) is 0 Å². The first-order chi connectivity index (χ1) is 24.9. The molecule has 0 atom stereocenters. The van der Waals surface area contributed by atoms with Gasteiger partial charge in [-0.05, 0) is 97.9 Å². The summed E-state index contributed by atoms with van der Waals surface area (Å²) in [6.45, 7) is 4.44. The van der Waals surface area contributed by atoms with Crippen molar-refractivity contribution >= 4 is 34.8 Å². The summed E-state index contributed by atoms with van der Waals surface area (Å²) in [7, 11) is 0. The zero-order chi connectivity index (χ0) is 35.7. The van der Waals surface area contributed by atoms with Crippen molar-refractivity contribution in [1.29, 1.82) is 0 Å². The molecule has 0 bridgehead atoms. The minimum Gasteiger partial charge on any atom is -0.321 e. The second kappa shape index (κ2) is 16.9. The van der Waals surface area contributed by atoms with Crippen LogP contribution in [0, 0.1) is 5.92 Å². The van der Waals surface area contributed by atoms with Crippen LogP contribution in [0.4, 0.5) is 11.4 Å². The van der Waals surface area contributed by atoms with Gasteiger partial charge in [0.1, 0.15) is 0 Å². The molecule has 6 nitrogen and oxygen atoms in total. The van der Waals surface area contributed by atoms with E-state index in [1.165, 1.54) is 81.8 Å². The molecule has 0 heterocycles. The minimum absolute atomic E-state index is 0.0815. The van der Waals surface area contributed by atoms with E-state index in [1.807, 2.05) is 24.3 Å². The SMILES string of the molecule is CCCCCCc1ccc(C(=O)Nc2ccc(NC(=O)c3ccc(C4CCC(CCCCC)CC4)cc3)c3c2C(=O)c2ccccc2C3=O)cc1. The molecule has 0 spiro atoms. The van der Waals surface area contributed by atoms with Crippen molar-refractivity contribution in [3.8, 4) is 0 Å². The zero-order valence-electron chi connectivity index (χ0n) is 30.1. The van der Waals surface area contributed by atoms with Gasteiger partial charge in [-0.3, -0.25) is 19.2 Å². The van der Waals surface area contributed by atoms with Crippen LogP contribution < -0.4 is 10.6 Å². The van der Waals surface area contributed by atoms with Gasteiger partial charge in [0.05, 0.1) is 22.5 Å². The molecule has 0 unspecified atom stereocenters. The fourth-order valence-electron chi connectivity index (χ4n) is 7.77. The highest BCUT2D eigenvalue weighted by Crippen LogP contribution is 2.39. The van der Waals surface area contributed by atoms with Crippen LogP contribution in [0.3, 0.4) is 0 Å². The van der Waals surface area contributed by atoms with Crippen LogP contribution in [-0.4, -0.2) is 23.4 Å². The highest BCUT2D eigenvalue weighted by atomic mass is 16.2. The molecular formula is C45H50N2O4. The number of hydrogen-bond acceptors (Lipinski definition) is 4. The fraction of sp³-hybridized carbons (Fsp3) is 0.378. The Morgan fingerprint density at radius 3 is 1.63 bits per heavy atom. The van der Waals surface area contributed by atoms with Crippen molar-refractivity contribution in [3.63, 3.8) is 0 Å². The molecular weight excluding hydrogens is 633 g/mol. The molecule has 4 aromatic rings. The average Bonchev–Trinajstić information content (AvgIpc) is 3.16. The highest BCUT2D eigenvalue weighted by molar-refractivity contribution is 6.33. The van der Waals surface area contributed by atoms with Crippen LogP contribution in [0.5, 0.6) is 0 Å². The van der Waals surface area contributed by atoms with Gasteiger partial charge in [0.25, 0.3) is 11.8 Å². The molecule has 6 rings (SSSR count). The second-order valence-corrected chi connectivity index (χ2v) is 14.4. The number of ketones is 2. The summed E-state index contributed by atoms with van der Waals surface area (Å²) in [4.78, 5) is 54.9. The Labute approximate surface area is 302 Å². The molecule has 1 fully saturated rings. The first-order valence-corrected chi connectivity index (χ1v) is 19.0. The second-order valence-electron chi connectivity index (χ2n) is 14.4. The summed E-state index contributed by atoms with van der Waals surface area (Å²) in [5.41, 5.74) is 4.53. The third kappa shape index (κ3) is 8.39. The third-order valence-electron chi connectivity index (χ3n) is 10.8. The van der Waals surface area contributed by atoms with Crippen LogP contribution in [0.25, 0.3) is 0 Å². The zero-order valence-corrected chi connectivity index (χ0v) is 30.1. The molecule has 0 aliphatic heterocycles. The van der Waals surface area contributed by atoms with Crippen LogP contribution in [0.1, 0.15) is 161 Å². The number of fused-ring (bicyclic) bond motifs is 2. The van der Waals surface area contributed by atoms with Gasteiger partial charge in [0, 0.05) is 22.3 Å². The average molecular weight is 683 g/mol. The monoisotopic (exact) mass is 682 g/mol. The maximum Gasteiger partial charge on any atom is 0.255 e. The van der Waals surface area contributed by atoms with E-state index < -0.39 is 0 Å². The number of benzene rings is 4. The maximum absolute atomic E-state index is 14.0. The maximum atomic E-state index is 14.0. The number of unbranched alkanes of at least 4 members (excludes halogenated alkanes) is 5. The molecule has 0 aromatic heterocycles. The number of nitrogens with one attached hydrogen (secondary N) is 2. The summed E-state index contributed by atoms with van der Waals surface area (Å²) in [5, 5.41) is 5.80. The summed E-state index contributed by atoms with van der Waals surface area (Å²) in [6, 6.07) is 25.2. The molecule has 51 heavy (non-hydrogen) atoms. The Morgan fingerprint density at radius 2 is 1.10 bits per heavy atom. The molecule has 2 aliphatic carbocycles. The van der Waals surface area contributed by atoms with Crippen molar-refractivity contribution in [3.05, 3.63) is 129 Å². The topological polar surface area (TPSA) is 92.3 Å². The summed E-state index contributed by atoms with van der Waals surface area (Å²) >= 11 is 0. The van der Waals surface area contributed by atoms with Gasteiger partial charge >= 0.3 is 0 Å². The Kier molecular flexibility index (Phi) is 11.9. The van der Waals surface area contributed by atoms with Gasteiger partial charge in [-0.1, -0.05) is 107 Å². The number of aryl methyl sites for hydroxylation is 1. The number of rotatable bonds is 14. The first kappa shape index (κ1) is 36.0. The van der Waals surface area contributed by atoms with Crippen LogP contribution >= 0.6 is 0 Å². The van der Waals surface area contributed by atoms with E-state index in [0.29, 0.717) is 17.0 Å². The predicted octanol–water partition coefficient (Wildman–Crippen LogP) is 10.9. The number of amides is 2. The fourth-order valence-corrected chi connectivity index (χ4v) is 7.77. The molecule has 264 valence electrons. The predicted molar refractivity (Wildman–Crippen MR) is 205 cm³/mol. The first-order valence-electron chi connectivity index (χ1n) is 19.0. The molecule has 2 N–H and O–H groups in total. The lowest BCUT2D eigenvalue weighted by Gasteiger charge is -2.29. The molecule has 2 amide bonds. The van der Waals surface area contributed by atoms with Gasteiger partial charge in [0.2, 0.25) is 0 Å². The van der Waals surface area contributed by atoms with Gasteiger partial charge in [0.15, 0.2) is 11.6 Å².